The number of hydrogen-bond acceptors (Lipinski definition) is 8. The van der Waals surface area contributed by atoms with Gasteiger partial charge in [0.1, 0.15) is 11.5 Å². The Balaban J connectivity index is 1.34. The van der Waals surface area contributed by atoms with Crippen molar-refractivity contribution < 1.29 is 39.5 Å². The van der Waals surface area contributed by atoms with Crippen LogP contribution in [0, 0.1) is 44.9 Å². The first-order valence-electron chi connectivity index (χ1n) is 19.4. The normalized spacial score (nSPS) is 17.5. The van der Waals surface area contributed by atoms with Gasteiger partial charge in [-0.2, -0.15) is 0 Å². The minimum atomic E-state index is -0.522. The van der Waals surface area contributed by atoms with E-state index in [1.54, 1.807) is 40.2 Å². The van der Waals surface area contributed by atoms with Gasteiger partial charge in [-0.15, -0.1) is 0 Å². The van der Waals surface area contributed by atoms with E-state index >= 15 is 0 Å². The second kappa shape index (κ2) is 14.9. The average Bonchev–Trinajstić information content (AvgIpc) is 3.18. The van der Waals surface area contributed by atoms with Crippen LogP contribution in [-0.4, -0.2) is 47.2 Å². The van der Waals surface area contributed by atoms with Gasteiger partial charge in [-0.1, -0.05) is 38.1 Å². The lowest BCUT2D eigenvalue weighted by Crippen LogP contribution is -2.43. The zero-order chi connectivity index (χ0) is 40.0. The number of methoxy groups -OCH3 is 2. The Morgan fingerprint density at radius 3 is 1.11 bits per heavy atom. The predicted octanol–water partition coefficient (Wildman–Crippen LogP) is 10.1. The summed E-state index contributed by atoms with van der Waals surface area (Å²) in [6.45, 7) is 12.2. The van der Waals surface area contributed by atoms with Gasteiger partial charge in [0, 0.05) is 10.8 Å². The van der Waals surface area contributed by atoms with Crippen LogP contribution in [0.15, 0.2) is 48.5 Å². The number of carbonyl (C=O) groups excluding carboxylic acids is 2. The molecule has 2 aliphatic carbocycles. The SMILES string of the molecule is COc1cc(C2(c3cc(C)c(O)c(OC)c3)CCC(C(C)(C)C3CCC(c4cc(C)c(O)c(C=O)c4)(c4cc(C)c(O)c(C=O)c4)CC3)CC2)cc(C)c1O. The number of phenols is 4. The summed E-state index contributed by atoms with van der Waals surface area (Å²) < 4.78 is 11.3. The van der Waals surface area contributed by atoms with E-state index in [1.165, 1.54) is 0 Å². The van der Waals surface area contributed by atoms with Gasteiger partial charge in [-0.25, -0.2) is 0 Å². The summed E-state index contributed by atoms with van der Waals surface area (Å²) in [4.78, 5) is 24.2. The summed E-state index contributed by atoms with van der Waals surface area (Å²) in [5, 5.41) is 42.9. The molecule has 0 unspecified atom stereocenters. The number of ether oxygens (including phenoxy) is 2. The summed E-state index contributed by atoms with van der Waals surface area (Å²) in [5.74, 6) is 1.95. The van der Waals surface area contributed by atoms with E-state index in [4.69, 9.17) is 9.47 Å². The van der Waals surface area contributed by atoms with Crippen LogP contribution in [-0.2, 0) is 10.8 Å². The highest BCUT2D eigenvalue weighted by Gasteiger charge is 2.49. The standard InChI is InChI=1S/C47H56O8/c1-27-17-35(21-31(25-48)41(27)50)46(36-18-28(2)42(51)32(22-36)26-49)13-9-33(10-14-46)45(5,6)34-11-15-47(16-12-34,37-19-29(3)43(52)39(23-37)54-7)38-20-30(4)44(53)40(24-38)55-8/h17-26,33-34,50-53H,9-16H2,1-8H3. The fourth-order valence-corrected chi connectivity index (χ4v) is 10.2. The monoisotopic (exact) mass is 748 g/mol. The van der Waals surface area contributed by atoms with E-state index in [-0.39, 0.29) is 39.5 Å². The van der Waals surface area contributed by atoms with Gasteiger partial charge in [0.05, 0.1) is 25.3 Å². The van der Waals surface area contributed by atoms with Crippen molar-refractivity contribution in [2.75, 3.05) is 14.2 Å². The van der Waals surface area contributed by atoms with Crippen LogP contribution in [0.4, 0.5) is 0 Å². The van der Waals surface area contributed by atoms with Gasteiger partial charge >= 0.3 is 0 Å². The first-order valence-corrected chi connectivity index (χ1v) is 19.4. The molecule has 0 saturated heterocycles. The molecule has 2 aliphatic rings. The number of phenolic OH excluding ortho intramolecular Hbond substituents is 4. The maximum atomic E-state index is 12.1. The molecule has 0 radical (unpaired) electrons. The van der Waals surface area contributed by atoms with Gasteiger partial charge in [0.2, 0.25) is 0 Å². The maximum Gasteiger partial charge on any atom is 0.161 e. The highest BCUT2D eigenvalue weighted by Crippen LogP contribution is 2.58. The van der Waals surface area contributed by atoms with Gasteiger partial charge in [-0.3, -0.25) is 9.59 Å². The van der Waals surface area contributed by atoms with Crippen LogP contribution >= 0.6 is 0 Å². The Morgan fingerprint density at radius 2 is 0.818 bits per heavy atom. The molecule has 0 aromatic heterocycles. The zero-order valence-corrected chi connectivity index (χ0v) is 33.5. The Labute approximate surface area is 325 Å². The lowest BCUT2D eigenvalue weighted by Gasteiger charge is -2.52. The molecule has 6 rings (SSSR count). The van der Waals surface area contributed by atoms with Crippen molar-refractivity contribution in [3.8, 4) is 34.5 Å². The Bertz CT molecular complexity index is 1990. The average molecular weight is 749 g/mol. The minimum absolute atomic E-state index is 0.0128. The van der Waals surface area contributed by atoms with Crippen LogP contribution in [0.25, 0.3) is 0 Å². The number of benzene rings is 4. The smallest absolute Gasteiger partial charge is 0.161 e. The minimum Gasteiger partial charge on any atom is -0.507 e. The second-order valence-corrected chi connectivity index (χ2v) is 16.9. The van der Waals surface area contributed by atoms with E-state index in [0.717, 1.165) is 84.7 Å². The summed E-state index contributed by atoms with van der Waals surface area (Å²) in [5.41, 5.74) is 6.32. The lowest BCUT2D eigenvalue weighted by molar-refractivity contribution is 0.0364. The van der Waals surface area contributed by atoms with Crippen molar-refractivity contribution in [1.82, 2.24) is 0 Å². The van der Waals surface area contributed by atoms with E-state index < -0.39 is 10.8 Å². The third-order valence-corrected chi connectivity index (χ3v) is 13.9. The molecule has 4 aromatic carbocycles. The molecule has 0 heterocycles. The molecule has 292 valence electrons. The molecular formula is C47H56O8. The fraction of sp³-hybridized carbons (Fsp3) is 0.447. The number of aldehydes is 2. The molecule has 4 N–H and O–H groups in total. The van der Waals surface area contributed by atoms with Gasteiger partial charge < -0.3 is 29.9 Å². The number of rotatable bonds is 10. The van der Waals surface area contributed by atoms with Crippen LogP contribution in [0.1, 0.15) is 130 Å². The summed E-state index contributed by atoms with van der Waals surface area (Å²) >= 11 is 0. The van der Waals surface area contributed by atoms with Crippen LogP contribution < -0.4 is 9.47 Å². The van der Waals surface area contributed by atoms with Crippen molar-refractivity contribution in [2.24, 2.45) is 17.3 Å². The molecule has 8 heteroatoms. The van der Waals surface area contributed by atoms with Gasteiger partial charge in [0.25, 0.3) is 0 Å². The highest BCUT2D eigenvalue weighted by molar-refractivity contribution is 5.82. The molecule has 2 saturated carbocycles. The van der Waals surface area contributed by atoms with Crippen LogP contribution in [0.5, 0.6) is 34.5 Å². The molecule has 0 spiro atoms. The predicted molar refractivity (Wildman–Crippen MR) is 215 cm³/mol. The fourth-order valence-electron chi connectivity index (χ4n) is 10.2. The first-order chi connectivity index (χ1) is 26.1. The summed E-state index contributed by atoms with van der Waals surface area (Å²) in [6.07, 6.45) is 8.46. The summed E-state index contributed by atoms with van der Waals surface area (Å²) in [7, 11) is 3.15. The van der Waals surface area contributed by atoms with Crippen molar-refractivity contribution in [3.05, 3.63) is 104 Å². The third-order valence-electron chi connectivity index (χ3n) is 13.9. The Morgan fingerprint density at radius 1 is 0.527 bits per heavy atom. The molecule has 4 aromatic rings. The first kappa shape index (κ1) is 39.7. The van der Waals surface area contributed by atoms with Gasteiger partial charge in [-0.05, 0) is 165 Å². The van der Waals surface area contributed by atoms with Crippen molar-refractivity contribution in [1.29, 1.82) is 0 Å². The van der Waals surface area contributed by atoms with E-state index in [2.05, 4.69) is 26.0 Å². The topological polar surface area (TPSA) is 134 Å². The van der Waals surface area contributed by atoms with Crippen LogP contribution in [0.3, 0.4) is 0 Å². The van der Waals surface area contributed by atoms with Crippen molar-refractivity contribution in [3.63, 3.8) is 0 Å². The van der Waals surface area contributed by atoms with E-state index in [1.807, 2.05) is 38.1 Å². The maximum absolute atomic E-state index is 12.1. The quantitative estimate of drug-likeness (QED) is 0.118. The Hall–Kier alpha value is -4.98. The van der Waals surface area contributed by atoms with E-state index in [0.29, 0.717) is 47.0 Å². The number of carbonyl (C=O) groups is 2. The second-order valence-electron chi connectivity index (χ2n) is 16.9. The number of aromatic hydroxyl groups is 4. The zero-order valence-electron chi connectivity index (χ0n) is 33.5. The molecule has 55 heavy (non-hydrogen) atoms. The molecule has 0 bridgehead atoms. The lowest BCUT2D eigenvalue weighted by atomic mass is 9.53. The largest absolute Gasteiger partial charge is 0.507 e. The van der Waals surface area contributed by atoms with Crippen molar-refractivity contribution >= 4 is 12.6 Å². The third kappa shape index (κ3) is 6.72. The molecule has 0 atom stereocenters. The van der Waals surface area contributed by atoms with Gasteiger partial charge in [0.15, 0.2) is 35.6 Å². The molecule has 8 nitrogen and oxygen atoms in total. The molecule has 0 amide bonds. The van der Waals surface area contributed by atoms with Crippen molar-refractivity contribution in [2.45, 2.75) is 104 Å². The highest BCUT2D eigenvalue weighted by atomic mass is 16.5. The summed E-state index contributed by atoms with van der Waals surface area (Å²) in [6, 6.07) is 15.6. The molecule has 2 fully saturated rings. The number of aryl methyl sites for hydroxylation is 4. The molecular weight excluding hydrogens is 693 g/mol. The van der Waals surface area contributed by atoms with E-state index in [9.17, 15) is 30.0 Å². The Kier molecular flexibility index (Phi) is 10.8. The van der Waals surface area contributed by atoms with Crippen LogP contribution in [0.2, 0.25) is 0 Å². The number of hydrogen-bond donors (Lipinski definition) is 4. The molecule has 0 aliphatic heterocycles.